The van der Waals surface area contributed by atoms with Crippen LogP contribution in [0.5, 0.6) is 5.88 Å². The molecule has 120 valence electrons. The van der Waals surface area contributed by atoms with Crippen LogP contribution in [-0.4, -0.2) is 45.7 Å². The van der Waals surface area contributed by atoms with Crippen molar-refractivity contribution in [2.75, 3.05) is 19.7 Å². The lowest BCUT2D eigenvalue weighted by molar-refractivity contribution is 0.0658. The first-order chi connectivity index (χ1) is 11.2. The number of likely N-dealkylation sites (tertiary alicyclic amines) is 1. The first kappa shape index (κ1) is 15.4. The van der Waals surface area contributed by atoms with Crippen LogP contribution in [0.25, 0.3) is 0 Å². The van der Waals surface area contributed by atoms with E-state index in [0.29, 0.717) is 24.0 Å². The number of aryl methyl sites for hydroxylation is 1. The van der Waals surface area contributed by atoms with Gasteiger partial charge in [-0.15, -0.1) is 5.10 Å². The molecule has 6 heteroatoms. The molecule has 0 aromatic carbocycles. The van der Waals surface area contributed by atoms with Crippen LogP contribution in [0.4, 0.5) is 0 Å². The van der Waals surface area contributed by atoms with Crippen molar-refractivity contribution >= 4 is 5.91 Å². The highest BCUT2D eigenvalue weighted by molar-refractivity contribution is 5.93. The molecule has 0 spiro atoms. The Morgan fingerprint density at radius 3 is 2.74 bits per heavy atom. The predicted octanol–water partition coefficient (Wildman–Crippen LogP) is 2.11. The van der Waals surface area contributed by atoms with Gasteiger partial charge in [0.2, 0.25) is 5.88 Å². The fraction of sp³-hybridized carbons (Fsp3) is 0.412. The van der Waals surface area contributed by atoms with E-state index >= 15 is 0 Å². The van der Waals surface area contributed by atoms with Crippen LogP contribution in [0.1, 0.15) is 28.9 Å². The number of pyridine rings is 1. The summed E-state index contributed by atoms with van der Waals surface area (Å²) in [7, 11) is 0. The maximum Gasteiger partial charge on any atom is 0.255 e. The van der Waals surface area contributed by atoms with E-state index in [0.717, 1.165) is 31.6 Å². The van der Waals surface area contributed by atoms with Crippen molar-refractivity contribution in [3.63, 3.8) is 0 Å². The Morgan fingerprint density at radius 2 is 2.09 bits per heavy atom. The Hall–Kier alpha value is -2.50. The summed E-state index contributed by atoms with van der Waals surface area (Å²) in [5.41, 5.74) is 1.52. The van der Waals surface area contributed by atoms with Crippen molar-refractivity contribution in [3.05, 3.63) is 47.9 Å². The second-order valence-corrected chi connectivity index (χ2v) is 5.80. The minimum atomic E-state index is 0.0573. The summed E-state index contributed by atoms with van der Waals surface area (Å²) < 4.78 is 5.69. The molecular weight excluding hydrogens is 292 g/mol. The number of hydrogen-bond donors (Lipinski definition) is 0. The number of ether oxygens (including phenoxy) is 1. The average molecular weight is 312 g/mol. The van der Waals surface area contributed by atoms with E-state index < -0.39 is 0 Å². The first-order valence-electron chi connectivity index (χ1n) is 7.85. The maximum absolute atomic E-state index is 12.4. The minimum absolute atomic E-state index is 0.0573. The molecule has 2 aromatic heterocycles. The van der Waals surface area contributed by atoms with Crippen molar-refractivity contribution in [2.24, 2.45) is 5.92 Å². The zero-order valence-electron chi connectivity index (χ0n) is 13.2. The van der Waals surface area contributed by atoms with Crippen molar-refractivity contribution in [1.82, 2.24) is 20.1 Å². The third-order valence-corrected chi connectivity index (χ3v) is 4.05. The SMILES string of the molecule is Cc1ccc(OCC2CCN(C(=O)c3cccnc3)CC2)nn1. The number of nitrogens with zero attached hydrogens (tertiary/aromatic N) is 4. The van der Waals surface area contributed by atoms with Gasteiger partial charge < -0.3 is 9.64 Å². The summed E-state index contributed by atoms with van der Waals surface area (Å²) in [5.74, 6) is 1.06. The Balaban J connectivity index is 1.47. The minimum Gasteiger partial charge on any atom is -0.476 e. The summed E-state index contributed by atoms with van der Waals surface area (Å²) in [4.78, 5) is 18.2. The molecule has 0 atom stereocenters. The molecule has 0 saturated carbocycles. The third-order valence-electron chi connectivity index (χ3n) is 4.05. The quantitative estimate of drug-likeness (QED) is 0.865. The van der Waals surface area contributed by atoms with Crippen molar-refractivity contribution < 1.29 is 9.53 Å². The number of aromatic nitrogens is 3. The number of piperidine rings is 1. The van der Waals surface area contributed by atoms with E-state index in [1.54, 1.807) is 24.5 Å². The second-order valence-electron chi connectivity index (χ2n) is 5.80. The van der Waals surface area contributed by atoms with Gasteiger partial charge in [0.1, 0.15) is 0 Å². The van der Waals surface area contributed by atoms with Gasteiger partial charge >= 0.3 is 0 Å². The molecule has 1 aliphatic heterocycles. The highest BCUT2D eigenvalue weighted by Gasteiger charge is 2.24. The molecule has 0 N–H and O–H groups in total. The van der Waals surface area contributed by atoms with Gasteiger partial charge in [-0.25, -0.2) is 0 Å². The summed E-state index contributed by atoms with van der Waals surface area (Å²) in [6, 6.07) is 7.32. The van der Waals surface area contributed by atoms with Gasteiger partial charge in [-0.05, 0) is 43.9 Å². The fourth-order valence-corrected chi connectivity index (χ4v) is 2.64. The lowest BCUT2D eigenvalue weighted by Gasteiger charge is -2.31. The number of carbonyl (C=O) groups excluding carboxylic acids is 1. The molecule has 1 amide bonds. The fourth-order valence-electron chi connectivity index (χ4n) is 2.64. The van der Waals surface area contributed by atoms with Crippen LogP contribution >= 0.6 is 0 Å². The molecule has 1 saturated heterocycles. The first-order valence-corrected chi connectivity index (χ1v) is 7.85. The van der Waals surface area contributed by atoms with E-state index in [1.165, 1.54) is 0 Å². The molecule has 1 fully saturated rings. The summed E-state index contributed by atoms with van der Waals surface area (Å²) in [6.45, 7) is 4.01. The van der Waals surface area contributed by atoms with Gasteiger partial charge in [0.05, 0.1) is 17.9 Å². The highest BCUT2D eigenvalue weighted by Crippen LogP contribution is 2.20. The van der Waals surface area contributed by atoms with Crippen molar-refractivity contribution in [1.29, 1.82) is 0 Å². The molecule has 23 heavy (non-hydrogen) atoms. The van der Waals surface area contributed by atoms with Gasteiger partial charge in [0, 0.05) is 31.5 Å². The molecule has 0 bridgehead atoms. The molecule has 6 nitrogen and oxygen atoms in total. The number of carbonyl (C=O) groups is 1. The number of amides is 1. The molecule has 0 aliphatic carbocycles. The molecule has 0 unspecified atom stereocenters. The predicted molar refractivity (Wildman–Crippen MR) is 85.1 cm³/mol. The maximum atomic E-state index is 12.4. The number of hydrogen-bond acceptors (Lipinski definition) is 5. The van der Waals surface area contributed by atoms with Crippen LogP contribution in [-0.2, 0) is 0 Å². The van der Waals surface area contributed by atoms with Crippen LogP contribution in [0.2, 0.25) is 0 Å². The van der Waals surface area contributed by atoms with Crippen LogP contribution in [0.3, 0.4) is 0 Å². The molecule has 2 aromatic rings. The zero-order chi connectivity index (χ0) is 16.1. The van der Waals surface area contributed by atoms with E-state index in [1.807, 2.05) is 24.0 Å². The Bertz CT molecular complexity index is 637. The van der Waals surface area contributed by atoms with E-state index in [4.69, 9.17) is 4.74 Å². The zero-order valence-corrected chi connectivity index (χ0v) is 13.2. The van der Waals surface area contributed by atoms with Crippen LogP contribution in [0, 0.1) is 12.8 Å². The van der Waals surface area contributed by atoms with Crippen molar-refractivity contribution in [2.45, 2.75) is 19.8 Å². The van der Waals surface area contributed by atoms with Crippen LogP contribution in [0.15, 0.2) is 36.7 Å². The normalized spacial score (nSPS) is 15.4. The largest absolute Gasteiger partial charge is 0.476 e. The molecule has 3 rings (SSSR count). The summed E-state index contributed by atoms with van der Waals surface area (Å²) in [6.07, 6.45) is 5.17. The standard InChI is InChI=1S/C17H20N4O2/c1-13-4-5-16(20-19-13)23-12-14-6-9-21(10-7-14)17(22)15-3-2-8-18-11-15/h2-5,8,11,14H,6-7,9-10,12H2,1H3. The summed E-state index contributed by atoms with van der Waals surface area (Å²) >= 11 is 0. The van der Waals surface area contributed by atoms with Crippen LogP contribution < -0.4 is 4.74 Å². The monoisotopic (exact) mass is 312 g/mol. The number of rotatable bonds is 4. The van der Waals surface area contributed by atoms with Gasteiger partial charge in [0.25, 0.3) is 5.91 Å². The second kappa shape index (κ2) is 7.17. The van der Waals surface area contributed by atoms with E-state index in [9.17, 15) is 4.79 Å². The van der Waals surface area contributed by atoms with Gasteiger partial charge in [0.15, 0.2) is 0 Å². The highest BCUT2D eigenvalue weighted by atomic mass is 16.5. The average Bonchev–Trinajstić information content (AvgIpc) is 2.62. The Morgan fingerprint density at radius 1 is 1.26 bits per heavy atom. The van der Waals surface area contributed by atoms with E-state index in [2.05, 4.69) is 15.2 Å². The lowest BCUT2D eigenvalue weighted by atomic mass is 9.97. The van der Waals surface area contributed by atoms with E-state index in [-0.39, 0.29) is 5.91 Å². The smallest absolute Gasteiger partial charge is 0.255 e. The van der Waals surface area contributed by atoms with Crippen molar-refractivity contribution in [3.8, 4) is 5.88 Å². The topological polar surface area (TPSA) is 68.2 Å². The van der Waals surface area contributed by atoms with Gasteiger partial charge in [-0.3, -0.25) is 9.78 Å². The molecule has 1 aliphatic rings. The summed E-state index contributed by atoms with van der Waals surface area (Å²) in [5, 5.41) is 7.98. The molecular formula is C17H20N4O2. The molecule has 3 heterocycles. The Kier molecular flexibility index (Phi) is 4.80. The molecule has 0 radical (unpaired) electrons. The lowest BCUT2D eigenvalue weighted by Crippen LogP contribution is -2.39. The Labute approximate surface area is 135 Å². The van der Waals surface area contributed by atoms with Gasteiger partial charge in [-0.2, -0.15) is 5.10 Å². The van der Waals surface area contributed by atoms with Gasteiger partial charge in [-0.1, -0.05) is 0 Å². The third kappa shape index (κ3) is 4.03.